The maximum Gasteiger partial charge on any atom is 0.263 e. The van der Waals surface area contributed by atoms with E-state index in [9.17, 15) is 9.90 Å². The molecule has 21 heavy (non-hydrogen) atoms. The topological polar surface area (TPSA) is 73.6 Å². The number of aliphatic hydroxyl groups is 1. The largest absolute Gasteiger partial charge is 0.481 e. The maximum atomic E-state index is 12.3. The molecule has 0 bridgehead atoms. The molecule has 0 aliphatic carbocycles. The van der Waals surface area contributed by atoms with E-state index in [1.807, 2.05) is 13.0 Å². The van der Waals surface area contributed by atoms with Gasteiger partial charge in [-0.15, -0.1) is 0 Å². The molecule has 1 fully saturated rings. The summed E-state index contributed by atoms with van der Waals surface area (Å²) in [5.74, 6) is 0.662. The summed E-state index contributed by atoms with van der Waals surface area (Å²) in [5, 5.41) is 18.6. The fourth-order valence-electron chi connectivity index (χ4n) is 2.37. The maximum absolute atomic E-state index is 12.3. The second-order valence-electron chi connectivity index (χ2n) is 5.51. The summed E-state index contributed by atoms with van der Waals surface area (Å²) in [4.78, 5) is 14.0. The second-order valence-corrected chi connectivity index (χ2v) is 5.51. The zero-order valence-corrected chi connectivity index (χ0v) is 12.3. The number of carbonyl (C=O) groups is 1. The molecule has 3 unspecified atom stereocenters. The van der Waals surface area contributed by atoms with Crippen LogP contribution in [0.25, 0.3) is 0 Å². The Bertz CT molecular complexity index is 535. The molecule has 1 saturated heterocycles. The van der Waals surface area contributed by atoms with Crippen molar-refractivity contribution in [3.05, 3.63) is 29.8 Å². The third-order valence-electron chi connectivity index (χ3n) is 3.87. The van der Waals surface area contributed by atoms with E-state index in [4.69, 9.17) is 10.00 Å². The van der Waals surface area contributed by atoms with Gasteiger partial charge in [-0.3, -0.25) is 4.79 Å². The number of benzene rings is 1. The molecule has 1 heterocycles. The van der Waals surface area contributed by atoms with Crippen LogP contribution in [0.3, 0.4) is 0 Å². The van der Waals surface area contributed by atoms with Gasteiger partial charge in [0.05, 0.1) is 17.7 Å². The number of hydrogen-bond donors (Lipinski definition) is 1. The Morgan fingerprint density at radius 1 is 1.48 bits per heavy atom. The van der Waals surface area contributed by atoms with E-state index in [0.717, 1.165) is 6.42 Å². The fourth-order valence-corrected chi connectivity index (χ4v) is 2.37. The van der Waals surface area contributed by atoms with Crippen LogP contribution in [0.4, 0.5) is 0 Å². The van der Waals surface area contributed by atoms with E-state index in [-0.39, 0.29) is 11.8 Å². The van der Waals surface area contributed by atoms with Crippen LogP contribution in [0.2, 0.25) is 0 Å². The molecule has 1 N–H and O–H groups in total. The van der Waals surface area contributed by atoms with Gasteiger partial charge < -0.3 is 14.7 Å². The Morgan fingerprint density at radius 2 is 2.14 bits per heavy atom. The van der Waals surface area contributed by atoms with Gasteiger partial charge in [-0.2, -0.15) is 5.26 Å². The molecule has 2 rings (SSSR count). The molecule has 0 radical (unpaired) electrons. The fraction of sp³-hybridized carbons (Fsp3) is 0.500. The minimum Gasteiger partial charge on any atom is -0.481 e. The normalized spacial score (nSPS) is 23.2. The SMILES string of the molecule is CC(Oc1ccc(C#N)cc1)C(=O)N1CCC(C)C(O)C1. The van der Waals surface area contributed by atoms with Crippen LogP contribution in [0.15, 0.2) is 24.3 Å². The van der Waals surface area contributed by atoms with Crippen LogP contribution in [-0.4, -0.2) is 41.2 Å². The number of nitrogens with zero attached hydrogens (tertiary/aromatic N) is 2. The number of hydrogen-bond acceptors (Lipinski definition) is 4. The highest BCUT2D eigenvalue weighted by Gasteiger charge is 2.30. The molecular formula is C16H20N2O3. The Hall–Kier alpha value is -2.06. The van der Waals surface area contributed by atoms with Crippen molar-refractivity contribution in [2.45, 2.75) is 32.5 Å². The smallest absolute Gasteiger partial charge is 0.263 e. The van der Waals surface area contributed by atoms with Gasteiger partial charge in [-0.1, -0.05) is 6.92 Å². The van der Waals surface area contributed by atoms with Crippen molar-refractivity contribution in [3.8, 4) is 11.8 Å². The minimum absolute atomic E-state index is 0.120. The molecule has 1 aromatic rings. The first-order valence-corrected chi connectivity index (χ1v) is 7.15. The first-order valence-electron chi connectivity index (χ1n) is 7.15. The van der Waals surface area contributed by atoms with Gasteiger partial charge in [0.25, 0.3) is 5.91 Å². The molecule has 1 amide bonds. The highest BCUT2D eigenvalue weighted by atomic mass is 16.5. The number of aliphatic hydroxyl groups excluding tert-OH is 1. The molecule has 1 aliphatic rings. The summed E-state index contributed by atoms with van der Waals surface area (Å²) in [7, 11) is 0. The van der Waals surface area contributed by atoms with Gasteiger partial charge in [-0.25, -0.2) is 0 Å². The number of β-amino-alcohol motifs (C(OH)–C–C–N with tert-alkyl or cyclic N) is 1. The molecular weight excluding hydrogens is 268 g/mol. The Balaban J connectivity index is 1.94. The van der Waals surface area contributed by atoms with E-state index in [1.54, 1.807) is 36.1 Å². The number of rotatable bonds is 3. The van der Waals surface area contributed by atoms with Crippen molar-refractivity contribution in [1.82, 2.24) is 4.90 Å². The van der Waals surface area contributed by atoms with Gasteiger partial charge in [0.1, 0.15) is 5.75 Å². The van der Waals surface area contributed by atoms with Gasteiger partial charge in [-0.05, 0) is 43.5 Å². The summed E-state index contributed by atoms with van der Waals surface area (Å²) >= 11 is 0. The number of nitriles is 1. The molecule has 3 atom stereocenters. The zero-order valence-electron chi connectivity index (χ0n) is 12.3. The molecule has 0 saturated carbocycles. The lowest BCUT2D eigenvalue weighted by Gasteiger charge is -2.35. The summed E-state index contributed by atoms with van der Waals surface area (Å²) in [6, 6.07) is 8.69. The Morgan fingerprint density at radius 3 is 2.71 bits per heavy atom. The first kappa shape index (κ1) is 15.3. The van der Waals surface area contributed by atoms with E-state index >= 15 is 0 Å². The predicted molar refractivity (Wildman–Crippen MR) is 77.6 cm³/mol. The summed E-state index contributed by atoms with van der Waals surface area (Å²) in [6.45, 7) is 4.70. The highest BCUT2D eigenvalue weighted by Crippen LogP contribution is 2.19. The van der Waals surface area contributed by atoms with Crippen molar-refractivity contribution >= 4 is 5.91 Å². The van der Waals surface area contributed by atoms with E-state index in [2.05, 4.69) is 0 Å². The van der Waals surface area contributed by atoms with Crippen LogP contribution in [0.5, 0.6) is 5.75 Å². The summed E-state index contributed by atoms with van der Waals surface area (Å²) < 4.78 is 5.61. The van der Waals surface area contributed by atoms with Crippen molar-refractivity contribution < 1.29 is 14.6 Å². The number of likely N-dealkylation sites (tertiary alicyclic amines) is 1. The molecule has 0 aromatic heterocycles. The van der Waals surface area contributed by atoms with Gasteiger partial charge in [0.2, 0.25) is 0 Å². The van der Waals surface area contributed by atoms with E-state index in [1.165, 1.54) is 0 Å². The average Bonchev–Trinajstić information content (AvgIpc) is 2.50. The van der Waals surface area contributed by atoms with Crippen molar-refractivity contribution in [3.63, 3.8) is 0 Å². The van der Waals surface area contributed by atoms with Crippen molar-refractivity contribution in [2.75, 3.05) is 13.1 Å². The first-order chi connectivity index (χ1) is 10.0. The van der Waals surface area contributed by atoms with Gasteiger partial charge in [0.15, 0.2) is 6.10 Å². The number of ether oxygens (including phenoxy) is 1. The molecule has 0 spiro atoms. The van der Waals surface area contributed by atoms with Gasteiger partial charge in [0, 0.05) is 13.1 Å². The van der Waals surface area contributed by atoms with Gasteiger partial charge >= 0.3 is 0 Å². The molecule has 112 valence electrons. The molecule has 1 aliphatic heterocycles. The summed E-state index contributed by atoms with van der Waals surface area (Å²) in [5.41, 5.74) is 0.550. The Labute approximate surface area is 124 Å². The number of piperidine rings is 1. The lowest BCUT2D eigenvalue weighted by Crippen LogP contribution is -2.49. The average molecular weight is 288 g/mol. The monoisotopic (exact) mass is 288 g/mol. The van der Waals surface area contributed by atoms with E-state index in [0.29, 0.717) is 24.4 Å². The third kappa shape index (κ3) is 3.73. The van der Waals surface area contributed by atoms with E-state index < -0.39 is 12.2 Å². The Kier molecular flexibility index (Phi) is 4.81. The standard InChI is InChI=1S/C16H20N2O3/c1-11-7-8-18(10-15(11)19)16(20)12(2)21-14-5-3-13(9-17)4-6-14/h3-6,11-12,15,19H,7-8,10H2,1-2H3. The van der Waals surface area contributed by atoms with Crippen LogP contribution >= 0.6 is 0 Å². The lowest BCUT2D eigenvalue weighted by atomic mass is 9.96. The number of carbonyl (C=O) groups excluding carboxylic acids is 1. The molecule has 1 aromatic carbocycles. The van der Waals surface area contributed by atoms with Crippen molar-refractivity contribution in [1.29, 1.82) is 5.26 Å². The molecule has 5 heteroatoms. The summed E-state index contributed by atoms with van der Waals surface area (Å²) in [6.07, 6.45) is -0.278. The van der Waals surface area contributed by atoms with Crippen molar-refractivity contribution in [2.24, 2.45) is 5.92 Å². The second kappa shape index (κ2) is 6.59. The lowest BCUT2D eigenvalue weighted by molar-refractivity contribution is -0.142. The van der Waals surface area contributed by atoms with Crippen LogP contribution < -0.4 is 4.74 Å². The third-order valence-corrected chi connectivity index (χ3v) is 3.87. The highest BCUT2D eigenvalue weighted by molar-refractivity contribution is 5.81. The van der Waals surface area contributed by atoms with Crippen LogP contribution in [0, 0.1) is 17.2 Å². The van der Waals surface area contributed by atoms with Crippen LogP contribution in [0.1, 0.15) is 25.8 Å². The zero-order chi connectivity index (χ0) is 15.4. The quantitative estimate of drug-likeness (QED) is 0.916. The minimum atomic E-state index is -0.612. The number of amides is 1. The predicted octanol–water partition coefficient (Wildman–Crippen LogP) is 1.55. The molecule has 5 nitrogen and oxygen atoms in total. The van der Waals surface area contributed by atoms with Crippen LogP contribution in [-0.2, 0) is 4.79 Å².